The number of anilines is 2. The number of hydrogen-bond acceptors (Lipinski definition) is 2. The molecular weight excluding hydrogens is 408 g/mol. The summed E-state index contributed by atoms with van der Waals surface area (Å²) in [5.74, 6) is -0.390. The van der Waals surface area contributed by atoms with Gasteiger partial charge in [-0.25, -0.2) is 0 Å². The summed E-state index contributed by atoms with van der Waals surface area (Å²) in [6.07, 6.45) is 0. The van der Waals surface area contributed by atoms with Gasteiger partial charge < -0.3 is 10.2 Å². The van der Waals surface area contributed by atoms with Crippen LogP contribution >= 0.6 is 11.6 Å². The van der Waals surface area contributed by atoms with Crippen molar-refractivity contribution in [2.45, 2.75) is 6.92 Å². The van der Waals surface area contributed by atoms with Crippen LogP contribution in [-0.2, 0) is 0 Å². The monoisotopic (exact) mass is 428 g/mol. The largest absolute Gasteiger partial charge is 0.322 e. The Morgan fingerprint density at radius 2 is 1.52 bits per heavy atom. The highest BCUT2D eigenvalue weighted by atomic mass is 35.5. The fourth-order valence-corrected chi connectivity index (χ4v) is 3.78. The van der Waals surface area contributed by atoms with Gasteiger partial charge in [-0.05, 0) is 54.8 Å². The number of nitrogens with one attached hydrogen (secondary N) is 1. The third-order valence-electron chi connectivity index (χ3n) is 5.13. The van der Waals surface area contributed by atoms with Crippen LogP contribution in [0.1, 0.15) is 27.6 Å². The highest BCUT2D eigenvalue weighted by Gasteiger charge is 2.18. The molecule has 0 bridgehead atoms. The highest BCUT2D eigenvalue weighted by molar-refractivity contribution is 6.34. The standard InChI is InChI=1S/C26H21ClN2O2/c1-2-29(24-13-7-9-18-8-3-4-10-21(18)24)26(31)19-14-16-20(17-15-19)28-25(30)22-11-5-6-12-23(22)27/h3-17H,2H2,1H3,(H,28,30). The Hall–Kier alpha value is -3.63. The SMILES string of the molecule is CCN(C(=O)c1ccc(NC(=O)c2ccccc2Cl)cc1)c1cccc2ccccc12. The van der Waals surface area contributed by atoms with Crippen molar-refractivity contribution in [3.8, 4) is 0 Å². The molecule has 0 saturated carbocycles. The number of hydrogen-bond donors (Lipinski definition) is 1. The fourth-order valence-electron chi connectivity index (χ4n) is 3.56. The van der Waals surface area contributed by atoms with E-state index in [4.69, 9.17) is 11.6 Å². The summed E-state index contributed by atoms with van der Waals surface area (Å²) in [6.45, 7) is 2.50. The summed E-state index contributed by atoms with van der Waals surface area (Å²) < 4.78 is 0. The first-order chi connectivity index (χ1) is 15.1. The number of amides is 2. The van der Waals surface area contributed by atoms with E-state index in [1.165, 1.54) is 0 Å². The lowest BCUT2D eigenvalue weighted by Crippen LogP contribution is -2.30. The third-order valence-corrected chi connectivity index (χ3v) is 5.46. The molecule has 0 aliphatic rings. The Kier molecular flexibility index (Phi) is 6.01. The summed E-state index contributed by atoms with van der Waals surface area (Å²) in [7, 11) is 0. The average Bonchev–Trinajstić information content (AvgIpc) is 2.80. The maximum absolute atomic E-state index is 13.2. The molecule has 1 N–H and O–H groups in total. The van der Waals surface area contributed by atoms with Crippen molar-refractivity contribution in [2.24, 2.45) is 0 Å². The molecule has 0 aliphatic heterocycles. The van der Waals surface area contributed by atoms with E-state index < -0.39 is 0 Å². The smallest absolute Gasteiger partial charge is 0.258 e. The zero-order valence-electron chi connectivity index (χ0n) is 17.0. The Morgan fingerprint density at radius 3 is 2.26 bits per heavy atom. The Labute approximate surface area is 186 Å². The summed E-state index contributed by atoms with van der Waals surface area (Å²) in [4.78, 5) is 27.5. The fraction of sp³-hybridized carbons (Fsp3) is 0.0769. The van der Waals surface area contributed by atoms with Gasteiger partial charge in [0.2, 0.25) is 0 Å². The van der Waals surface area contributed by atoms with E-state index in [9.17, 15) is 9.59 Å². The molecule has 4 aromatic carbocycles. The van der Waals surface area contributed by atoms with Crippen molar-refractivity contribution in [3.63, 3.8) is 0 Å². The van der Waals surface area contributed by atoms with Crippen molar-refractivity contribution >= 4 is 45.6 Å². The first-order valence-electron chi connectivity index (χ1n) is 10.0. The second-order valence-corrected chi connectivity index (χ2v) is 7.47. The van der Waals surface area contributed by atoms with Crippen LogP contribution in [0.3, 0.4) is 0 Å². The van der Waals surface area contributed by atoms with Gasteiger partial charge in [0, 0.05) is 23.2 Å². The molecule has 0 spiro atoms. The molecule has 0 saturated heterocycles. The highest BCUT2D eigenvalue weighted by Crippen LogP contribution is 2.28. The number of fused-ring (bicyclic) bond motifs is 1. The molecule has 0 fully saturated rings. The zero-order chi connectivity index (χ0) is 21.8. The van der Waals surface area contributed by atoms with Crippen molar-refractivity contribution < 1.29 is 9.59 Å². The molecule has 2 amide bonds. The molecule has 0 unspecified atom stereocenters. The summed E-state index contributed by atoms with van der Waals surface area (Å²) in [5.41, 5.74) is 2.42. The van der Waals surface area contributed by atoms with Crippen LogP contribution < -0.4 is 10.2 Å². The molecule has 154 valence electrons. The molecule has 0 atom stereocenters. The quantitative estimate of drug-likeness (QED) is 0.399. The second kappa shape index (κ2) is 9.02. The van der Waals surface area contributed by atoms with Gasteiger partial charge in [0.15, 0.2) is 0 Å². The van der Waals surface area contributed by atoms with Gasteiger partial charge >= 0.3 is 0 Å². The Balaban J connectivity index is 1.56. The molecule has 0 heterocycles. The molecule has 4 nitrogen and oxygen atoms in total. The molecule has 31 heavy (non-hydrogen) atoms. The summed E-state index contributed by atoms with van der Waals surface area (Å²) >= 11 is 6.09. The first kappa shape index (κ1) is 20.6. The van der Waals surface area contributed by atoms with Crippen LogP contribution in [-0.4, -0.2) is 18.4 Å². The van der Waals surface area contributed by atoms with E-state index in [-0.39, 0.29) is 11.8 Å². The van der Waals surface area contributed by atoms with Gasteiger partial charge in [-0.1, -0.05) is 60.1 Å². The van der Waals surface area contributed by atoms with Gasteiger partial charge in [0.25, 0.3) is 11.8 Å². The van der Waals surface area contributed by atoms with Crippen molar-refractivity contribution in [2.75, 3.05) is 16.8 Å². The number of carbonyl (C=O) groups excluding carboxylic acids is 2. The molecule has 0 radical (unpaired) electrons. The predicted octanol–water partition coefficient (Wildman–Crippen LogP) is 6.41. The Morgan fingerprint density at radius 1 is 0.839 bits per heavy atom. The molecule has 5 heteroatoms. The van der Waals surface area contributed by atoms with Crippen LogP contribution in [0.25, 0.3) is 10.8 Å². The van der Waals surface area contributed by atoms with E-state index in [1.54, 1.807) is 53.4 Å². The molecule has 4 aromatic rings. The van der Waals surface area contributed by atoms with Crippen LogP contribution in [0.4, 0.5) is 11.4 Å². The number of halogens is 1. The van der Waals surface area contributed by atoms with E-state index in [1.807, 2.05) is 49.4 Å². The average molecular weight is 429 g/mol. The lowest BCUT2D eigenvalue weighted by molar-refractivity contribution is 0.0987. The van der Waals surface area contributed by atoms with Crippen LogP contribution in [0.5, 0.6) is 0 Å². The Bertz CT molecular complexity index is 1250. The summed E-state index contributed by atoms with van der Waals surface area (Å²) in [5, 5.41) is 5.32. The first-order valence-corrected chi connectivity index (χ1v) is 10.4. The second-order valence-electron chi connectivity index (χ2n) is 7.06. The van der Waals surface area contributed by atoms with Gasteiger partial charge in [0.05, 0.1) is 16.3 Å². The van der Waals surface area contributed by atoms with Gasteiger partial charge in [-0.3, -0.25) is 9.59 Å². The van der Waals surface area contributed by atoms with E-state index in [0.717, 1.165) is 16.5 Å². The van der Waals surface area contributed by atoms with Crippen molar-refractivity contribution in [1.29, 1.82) is 0 Å². The molecule has 0 aromatic heterocycles. The predicted molar refractivity (Wildman–Crippen MR) is 127 cm³/mol. The molecule has 0 aliphatic carbocycles. The topological polar surface area (TPSA) is 49.4 Å². The van der Waals surface area contributed by atoms with Crippen LogP contribution in [0.15, 0.2) is 91.0 Å². The van der Waals surface area contributed by atoms with Gasteiger partial charge in [-0.2, -0.15) is 0 Å². The molecular formula is C26H21ClN2O2. The zero-order valence-corrected chi connectivity index (χ0v) is 17.8. The minimum Gasteiger partial charge on any atom is -0.322 e. The third kappa shape index (κ3) is 4.30. The molecule has 4 rings (SSSR count). The van der Waals surface area contributed by atoms with Gasteiger partial charge in [0.1, 0.15) is 0 Å². The lowest BCUT2D eigenvalue weighted by atomic mass is 10.1. The maximum atomic E-state index is 13.2. The van der Waals surface area contributed by atoms with Crippen molar-refractivity contribution in [1.82, 2.24) is 0 Å². The van der Waals surface area contributed by atoms with E-state index >= 15 is 0 Å². The van der Waals surface area contributed by atoms with E-state index in [2.05, 4.69) is 5.32 Å². The maximum Gasteiger partial charge on any atom is 0.258 e. The van der Waals surface area contributed by atoms with Crippen molar-refractivity contribution in [3.05, 3.63) is 107 Å². The number of carbonyl (C=O) groups is 2. The van der Waals surface area contributed by atoms with Gasteiger partial charge in [-0.15, -0.1) is 0 Å². The number of rotatable bonds is 5. The lowest BCUT2D eigenvalue weighted by Gasteiger charge is -2.23. The number of benzene rings is 4. The minimum absolute atomic E-state index is 0.0946. The summed E-state index contributed by atoms with van der Waals surface area (Å²) in [6, 6.07) is 27.7. The number of nitrogens with zero attached hydrogens (tertiary/aromatic N) is 1. The normalized spacial score (nSPS) is 10.6. The van der Waals surface area contributed by atoms with E-state index in [0.29, 0.717) is 28.4 Å². The van der Waals surface area contributed by atoms with Crippen LogP contribution in [0, 0.1) is 0 Å². The minimum atomic E-state index is -0.296. The van der Waals surface area contributed by atoms with Crippen LogP contribution in [0.2, 0.25) is 5.02 Å².